The molecule has 1 N–H and O–H groups in total. The second-order valence-electron chi connectivity index (χ2n) is 5.99. The van der Waals surface area contributed by atoms with Gasteiger partial charge in [-0.15, -0.1) is 5.10 Å². The molecule has 0 fully saturated rings. The normalized spacial score (nSPS) is 10.6. The van der Waals surface area contributed by atoms with Gasteiger partial charge in [-0.3, -0.25) is 4.79 Å². The summed E-state index contributed by atoms with van der Waals surface area (Å²) >= 11 is 11.2. The van der Waals surface area contributed by atoms with E-state index >= 15 is 0 Å². The molecule has 6 nitrogen and oxygen atoms in total. The Bertz CT molecular complexity index is 1030. The Morgan fingerprint density at radius 3 is 2.85 bits per heavy atom. The molecule has 0 radical (unpaired) electrons. The van der Waals surface area contributed by atoms with Crippen LogP contribution in [-0.4, -0.2) is 15.7 Å². The van der Waals surface area contributed by atoms with Crippen molar-refractivity contribution in [3.8, 4) is 5.75 Å². The number of aromatic nitrogens is 2. The van der Waals surface area contributed by atoms with Crippen molar-refractivity contribution in [2.45, 2.75) is 27.0 Å². The summed E-state index contributed by atoms with van der Waals surface area (Å²) in [6.07, 6.45) is 0. The largest absolute Gasteiger partial charge is 0.484 e. The topological polar surface area (TPSA) is 69.3 Å². The van der Waals surface area contributed by atoms with Crippen LogP contribution in [0.1, 0.15) is 17.0 Å². The van der Waals surface area contributed by atoms with E-state index in [0.29, 0.717) is 22.4 Å². The van der Waals surface area contributed by atoms with Crippen LogP contribution in [0.5, 0.6) is 5.75 Å². The highest BCUT2D eigenvalue weighted by atomic mass is 35.5. The van der Waals surface area contributed by atoms with Crippen LogP contribution < -0.4 is 10.1 Å². The minimum atomic E-state index is -0.282. The lowest BCUT2D eigenvalue weighted by Gasteiger charge is -2.09. The molecule has 1 amide bonds. The summed E-state index contributed by atoms with van der Waals surface area (Å²) in [6, 6.07) is 13.0. The number of hydrogen-bond donors (Lipinski definition) is 1. The fraction of sp³-hybridized carbons (Fsp3) is 0.211. The summed E-state index contributed by atoms with van der Waals surface area (Å²) in [5.74, 6) is 0.726. The zero-order chi connectivity index (χ0) is 19.4. The van der Waals surface area contributed by atoms with Crippen LogP contribution in [0.3, 0.4) is 0 Å². The third-order valence-corrected chi connectivity index (χ3v) is 4.54. The molecule has 0 bridgehead atoms. The van der Waals surface area contributed by atoms with E-state index in [-0.39, 0.29) is 23.9 Å². The van der Waals surface area contributed by atoms with Crippen molar-refractivity contribution in [3.05, 3.63) is 69.3 Å². The maximum absolute atomic E-state index is 12.3. The first-order valence-corrected chi connectivity index (χ1v) is 9.02. The maximum Gasteiger partial charge on any atom is 0.287 e. The number of amides is 1. The SMILES string of the molecule is Cc1cccc(OCc2nn(CC(=O)Nc3cccc(Cl)c3C)c(=S)o2)c1. The zero-order valence-electron chi connectivity index (χ0n) is 14.9. The molecule has 2 aromatic carbocycles. The summed E-state index contributed by atoms with van der Waals surface area (Å²) in [5.41, 5.74) is 2.53. The fourth-order valence-corrected chi connectivity index (χ4v) is 2.80. The first-order valence-electron chi connectivity index (χ1n) is 8.23. The van der Waals surface area contributed by atoms with Gasteiger partial charge in [0.15, 0.2) is 6.61 Å². The Labute approximate surface area is 166 Å². The van der Waals surface area contributed by atoms with Gasteiger partial charge in [-0.25, -0.2) is 4.68 Å². The van der Waals surface area contributed by atoms with Crippen molar-refractivity contribution in [1.82, 2.24) is 9.78 Å². The molecule has 0 aliphatic carbocycles. The van der Waals surface area contributed by atoms with Gasteiger partial charge in [0.25, 0.3) is 10.7 Å². The Hall–Kier alpha value is -2.64. The number of rotatable bonds is 6. The predicted octanol–water partition coefficient (Wildman–Crippen LogP) is 4.69. The summed E-state index contributed by atoms with van der Waals surface area (Å²) < 4.78 is 12.4. The molecule has 3 rings (SSSR count). The van der Waals surface area contributed by atoms with Gasteiger partial charge in [-0.2, -0.15) is 0 Å². The Morgan fingerprint density at radius 2 is 2.07 bits per heavy atom. The molecule has 0 spiro atoms. The van der Waals surface area contributed by atoms with Crippen molar-refractivity contribution < 1.29 is 13.9 Å². The average molecular weight is 404 g/mol. The van der Waals surface area contributed by atoms with Gasteiger partial charge in [-0.1, -0.05) is 29.8 Å². The zero-order valence-corrected chi connectivity index (χ0v) is 16.4. The standard InChI is InChI=1S/C19H18ClN3O3S/c1-12-5-3-6-14(9-12)25-11-18-22-23(19(27)26-18)10-17(24)21-16-8-4-7-15(20)13(16)2/h3-9H,10-11H2,1-2H3,(H,21,24). The molecule has 0 aliphatic rings. The van der Waals surface area contributed by atoms with Crippen molar-refractivity contribution in [2.75, 3.05) is 5.32 Å². The Kier molecular flexibility index (Phi) is 5.93. The third-order valence-electron chi connectivity index (χ3n) is 3.84. The van der Waals surface area contributed by atoms with Gasteiger partial charge >= 0.3 is 0 Å². The van der Waals surface area contributed by atoms with Gasteiger partial charge in [0.05, 0.1) is 0 Å². The number of aryl methyl sites for hydroxylation is 1. The van der Waals surface area contributed by atoms with E-state index in [4.69, 9.17) is 33.0 Å². The number of carbonyl (C=O) groups is 1. The Balaban J connectivity index is 1.63. The second-order valence-corrected chi connectivity index (χ2v) is 6.74. The molecular weight excluding hydrogens is 386 g/mol. The molecule has 3 aromatic rings. The highest BCUT2D eigenvalue weighted by Gasteiger charge is 2.12. The predicted molar refractivity (Wildman–Crippen MR) is 106 cm³/mol. The smallest absolute Gasteiger partial charge is 0.287 e. The molecule has 27 heavy (non-hydrogen) atoms. The van der Waals surface area contributed by atoms with E-state index in [1.807, 2.05) is 38.1 Å². The molecule has 8 heteroatoms. The minimum Gasteiger partial charge on any atom is -0.484 e. The van der Waals surface area contributed by atoms with Crippen molar-refractivity contribution >= 4 is 35.4 Å². The summed E-state index contributed by atoms with van der Waals surface area (Å²) in [4.78, 5) is 12.4. The number of nitrogens with zero attached hydrogens (tertiary/aromatic N) is 2. The van der Waals surface area contributed by atoms with Gasteiger partial charge in [0, 0.05) is 10.7 Å². The van der Waals surface area contributed by atoms with Gasteiger partial charge < -0.3 is 14.5 Å². The second kappa shape index (κ2) is 8.37. The number of ether oxygens (including phenoxy) is 1. The lowest BCUT2D eigenvalue weighted by atomic mass is 10.2. The third kappa shape index (κ3) is 4.96. The molecular formula is C19H18ClN3O3S. The lowest BCUT2D eigenvalue weighted by Crippen LogP contribution is -2.20. The number of benzene rings is 2. The van der Waals surface area contributed by atoms with Gasteiger partial charge in [0.2, 0.25) is 5.91 Å². The number of hydrogen-bond acceptors (Lipinski definition) is 5. The van der Waals surface area contributed by atoms with Crippen LogP contribution in [0.15, 0.2) is 46.9 Å². The lowest BCUT2D eigenvalue weighted by molar-refractivity contribution is -0.117. The van der Waals surface area contributed by atoms with E-state index in [2.05, 4.69) is 10.4 Å². The number of halogens is 1. The highest BCUT2D eigenvalue weighted by Crippen LogP contribution is 2.23. The quantitative estimate of drug-likeness (QED) is 0.604. The summed E-state index contributed by atoms with van der Waals surface area (Å²) in [5, 5.41) is 7.58. The van der Waals surface area contributed by atoms with E-state index in [0.717, 1.165) is 11.1 Å². The molecule has 1 aromatic heterocycles. The molecule has 1 heterocycles. The molecule has 140 valence electrons. The summed E-state index contributed by atoms with van der Waals surface area (Å²) in [6.45, 7) is 3.86. The van der Waals surface area contributed by atoms with Crippen LogP contribution in [-0.2, 0) is 17.9 Å². The van der Waals surface area contributed by atoms with E-state index in [1.54, 1.807) is 18.2 Å². The summed E-state index contributed by atoms with van der Waals surface area (Å²) in [7, 11) is 0. The fourth-order valence-electron chi connectivity index (χ4n) is 2.43. The number of carbonyl (C=O) groups excluding carboxylic acids is 1. The Morgan fingerprint density at radius 1 is 1.30 bits per heavy atom. The van der Waals surface area contributed by atoms with Crippen LogP contribution >= 0.6 is 23.8 Å². The maximum atomic E-state index is 12.3. The van der Waals surface area contributed by atoms with Crippen molar-refractivity contribution in [1.29, 1.82) is 0 Å². The number of nitrogens with one attached hydrogen (secondary N) is 1. The van der Waals surface area contributed by atoms with Gasteiger partial charge in [-0.05, 0) is 61.5 Å². The van der Waals surface area contributed by atoms with Gasteiger partial charge in [0.1, 0.15) is 12.3 Å². The highest BCUT2D eigenvalue weighted by molar-refractivity contribution is 7.71. The van der Waals surface area contributed by atoms with E-state index < -0.39 is 0 Å². The molecule has 0 atom stereocenters. The molecule has 0 saturated heterocycles. The van der Waals surface area contributed by atoms with Crippen LogP contribution in [0.25, 0.3) is 0 Å². The average Bonchev–Trinajstić information content (AvgIpc) is 2.97. The first kappa shape index (κ1) is 19.1. The van der Waals surface area contributed by atoms with Crippen LogP contribution in [0.4, 0.5) is 5.69 Å². The van der Waals surface area contributed by atoms with Crippen LogP contribution in [0, 0.1) is 18.7 Å². The molecule has 0 unspecified atom stereocenters. The van der Waals surface area contributed by atoms with Crippen LogP contribution in [0.2, 0.25) is 5.02 Å². The van der Waals surface area contributed by atoms with Crippen molar-refractivity contribution in [2.24, 2.45) is 0 Å². The monoisotopic (exact) mass is 403 g/mol. The van der Waals surface area contributed by atoms with E-state index in [1.165, 1.54) is 4.68 Å². The van der Waals surface area contributed by atoms with E-state index in [9.17, 15) is 4.79 Å². The number of anilines is 1. The molecule has 0 saturated carbocycles. The molecule has 0 aliphatic heterocycles. The minimum absolute atomic E-state index is 0.0707. The first-order chi connectivity index (χ1) is 12.9. The van der Waals surface area contributed by atoms with Crippen molar-refractivity contribution in [3.63, 3.8) is 0 Å².